The molecule has 0 saturated heterocycles. The van der Waals surface area contributed by atoms with Crippen LogP contribution in [-0.2, 0) is 0 Å². The first-order chi connectivity index (χ1) is 10.5. The fraction of sp³-hybridized carbons (Fsp3) is 0.188. The quantitative estimate of drug-likeness (QED) is 0.785. The third-order valence-electron chi connectivity index (χ3n) is 3.06. The zero-order chi connectivity index (χ0) is 15.9. The number of hydrogen-bond acceptors (Lipinski definition) is 2. The van der Waals surface area contributed by atoms with Crippen molar-refractivity contribution in [2.75, 3.05) is 11.9 Å². The Labute approximate surface area is 132 Å². The molecule has 1 unspecified atom stereocenters. The molecule has 0 aliphatic heterocycles. The maximum atomic E-state index is 12.8. The fourth-order valence-electron chi connectivity index (χ4n) is 1.88. The molecule has 2 aromatic carbocycles. The van der Waals surface area contributed by atoms with E-state index >= 15 is 0 Å². The van der Waals surface area contributed by atoms with Crippen molar-refractivity contribution in [1.82, 2.24) is 5.32 Å². The summed E-state index contributed by atoms with van der Waals surface area (Å²) in [6.07, 6.45) is -0.420. The van der Waals surface area contributed by atoms with Gasteiger partial charge in [-0.3, -0.25) is 0 Å². The monoisotopic (exact) mass is 322 g/mol. The van der Waals surface area contributed by atoms with Gasteiger partial charge in [-0.1, -0.05) is 23.7 Å². The van der Waals surface area contributed by atoms with E-state index in [1.807, 2.05) is 0 Å². The van der Waals surface area contributed by atoms with Crippen LogP contribution < -0.4 is 10.6 Å². The van der Waals surface area contributed by atoms with E-state index in [4.69, 9.17) is 11.6 Å². The van der Waals surface area contributed by atoms with Crippen LogP contribution in [0.15, 0.2) is 48.5 Å². The minimum Gasteiger partial charge on any atom is -0.388 e. The van der Waals surface area contributed by atoms with Gasteiger partial charge in [0.25, 0.3) is 0 Å². The molecule has 3 N–H and O–H groups in total. The molecule has 2 aromatic rings. The minimum absolute atomic E-state index is 0.290. The van der Waals surface area contributed by atoms with Crippen LogP contribution in [-0.4, -0.2) is 17.7 Å². The number of halogens is 2. The van der Waals surface area contributed by atoms with Crippen molar-refractivity contribution in [3.05, 3.63) is 64.9 Å². The topological polar surface area (TPSA) is 61.4 Å². The molecular weight excluding hydrogens is 307 g/mol. The number of carbonyl (C=O) groups is 1. The van der Waals surface area contributed by atoms with Gasteiger partial charge in [-0.2, -0.15) is 0 Å². The van der Waals surface area contributed by atoms with Gasteiger partial charge in [0.05, 0.1) is 6.10 Å². The first-order valence-electron chi connectivity index (χ1n) is 6.78. The van der Waals surface area contributed by atoms with E-state index < -0.39 is 6.10 Å². The average molecular weight is 323 g/mol. The molecule has 0 aliphatic carbocycles. The molecule has 0 bridgehead atoms. The van der Waals surface area contributed by atoms with E-state index in [1.165, 1.54) is 24.3 Å². The molecule has 0 spiro atoms. The van der Waals surface area contributed by atoms with Gasteiger partial charge in [0, 0.05) is 17.3 Å². The summed E-state index contributed by atoms with van der Waals surface area (Å²) in [6, 6.07) is 12.0. The Morgan fingerprint density at radius 1 is 1.14 bits per heavy atom. The maximum Gasteiger partial charge on any atom is 0.319 e. The molecule has 4 nitrogen and oxygen atoms in total. The van der Waals surface area contributed by atoms with Crippen LogP contribution in [0.1, 0.15) is 18.1 Å². The minimum atomic E-state index is -0.753. The van der Waals surface area contributed by atoms with Crippen molar-refractivity contribution < 1.29 is 14.3 Å². The van der Waals surface area contributed by atoms with Crippen molar-refractivity contribution in [3.63, 3.8) is 0 Å². The van der Waals surface area contributed by atoms with Crippen LogP contribution in [0.4, 0.5) is 14.9 Å². The number of amides is 2. The van der Waals surface area contributed by atoms with Gasteiger partial charge in [-0.05, 0) is 48.4 Å². The highest BCUT2D eigenvalue weighted by atomic mass is 35.5. The third-order valence-corrected chi connectivity index (χ3v) is 3.31. The molecule has 2 amide bonds. The first kappa shape index (κ1) is 16.3. The van der Waals surface area contributed by atoms with Crippen molar-refractivity contribution in [2.45, 2.75) is 12.5 Å². The van der Waals surface area contributed by atoms with Gasteiger partial charge in [-0.25, -0.2) is 9.18 Å². The number of carbonyl (C=O) groups excluding carboxylic acids is 1. The van der Waals surface area contributed by atoms with Crippen LogP contribution in [0.5, 0.6) is 0 Å². The summed E-state index contributed by atoms with van der Waals surface area (Å²) >= 11 is 5.76. The molecule has 0 fully saturated rings. The zero-order valence-corrected chi connectivity index (χ0v) is 12.5. The highest BCUT2D eigenvalue weighted by Gasteiger charge is 2.08. The van der Waals surface area contributed by atoms with Gasteiger partial charge < -0.3 is 15.7 Å². The van der Waals surface area contributed by atoms with Gasteiger partial charge in [-0.15, -0.1) is 0 Å². The smallest absolute Gasteiger partial charge is 0.319 e. The fourth-order valence-corrected chi connectivity index (χ4v) is 2.01. The normalized spacial score (nSPS) is 11.8. The van der Waals surface area contributed by atoms with E-state index in [-0.39, 0.29) is 18.4 Å². The van der Waals surface area contributed by atoms with Crippen molar-refractivity contribution in [2.24, 2.45) is 0 Å². The van der Waals surface area contributed by atoms with Crippen molar-refractivity contribution >= 4 is 23.3 Å². The number of anilines is 1. The van der Waals surface area contributed by atoms with Crippen molar-refractivity contribution in [3.8, 4) is 0 Å². The standard InChI is InChI=1S/C16H16ClFN2O2/c17-12-3-7-14(8-4-12)20-16(22)19-10-9-15(21)11-1-5-13(18)6-2-11/h1-8,15,21H,9-10H2,(H2,19,20,22). The lowest BCUT2D eigenvalue weighted by atomic mass is 10.1. The number of aliphatic hydroxyl groups is 1. The molecular formula is C16H16ClFN2O2. The summed E-state index contributed by atoms with van der Waals surface area (Å²) in [5.74, 6) is -0.351. The Bertz CT molecular complexity index is 617. The lowest BCUT2D eigenvalue weighted by Crippen LogP contribution is -2.30. The Kier molecular flexibility index (Phi) is 5.75. The number of aliphatic hydroxyl groups excluding tert-OH is 1. The predicted molar refractivity (Wildman–Crippen MR) is 84.5 cm³/mol. The first-order valence-corrected chi connectivity index (χ1v) is 7.16. The molecule has 116 valence electrons. The highest BCUT2D eigenvalue weighted by molar-refractivity contribution is 6.30. The summed E-state index contributed by atoms with van der Waals surface area (Å²) in [7, 11) is 0. The molecule has 0 aliphatic rings. The Hall–Kier alpha value is -2.11. The number of benzene rings is 2. The van der Waals surface area contributed by atoms with Gasteiger partial charge in [0.15, 0.2) is 0 Å². The van der Waals surface area contributed by atoms with Crippen LogP contribution >= 0.6 is 11.6 Å². The van der Waals surface area contributed by atoms with E-state index in [0.29, 0.717) is 22.7 Å². The number of urea groups is 1. The van der Waals surface area contributed by atoms with E-state index in [9.17, 15) is 14.3 Å². The lowest BCUT2D eigenvalue weighted by molar-refractivity contribution is 0.167. The second-order valence-electron chi connectivity index (χ2n) is 4.74. The zero-order valence-electron chi connectivity index (χ0n) is 11.7. The molecule has 0 heterocycles. The predicted octanol–water partition coefficient (Wildman–Crippen LogP) is 3.72. The van der Waals surface area contributed by atoms with E-state index in [1.54, 1.807) is 24.3 Å². The summed E-state index contributed by atoms with van der Waals surface area (Å²) < 4.78 is 12.8. The Morgan fingerprint density at radius 3 is 2.41 bits per heavy atom. The van der Waals surface area contributed by atoms with Crippen molar-refractivity contribution in [1.29, 1.82) is 0 Å². The molecule has 0 saturated carbocycles. The Balaban J connectivity index is 1.74. The maximum absolute atomic E-state index is 12.8. The van der Waals surface area contributed by atoms with Crippen LogP contribution in [0.3, 0.4) is 0 Å². The lowest BCUT2D eigenvalue weighted by Gasteiger charge is -2.12. The SMILES string of the molecule is O=C(NCCC(O)c1ccc(F)cc1)Nc1ccc(Cl)cc1. The number of rotatable bonds is 5. The van der Waals surface area contributed by atoms with E-state index in [0.717, 1.165) is 0 Å². The number of hydrogen-bond donors (Lipinski definition) is 3. The summed E-state index contributed by atoms with van der Waals surface area (Å²) in [5, 5.41) is 15.8. The van der Waals surface area contributed by atoms with Gasteiger partial charge >= 0.3 is 6.03 Å². The largest absolute Gasteiger partial charge is 0.388 e. The molecule has 22 heavy (non-hydrogen) atoms. The van der Waals surface area contributed by atoms with Crippen LogP contribution in [0.2, 0.25) is 5.02 Å². The average Bonchev–Trinajstić information content (AvgIpc) is 2.50. The summed E-state index contributed by atoms with van der Waals surface area (Å²) in [4.78, 5) is 11.7. The van der Waals surface area contributed by atoms with Crippen LogP contribution in [0.25, 0.3) is 0 Å². The molecule has 6 heteroatoms. The summed E-state index contributed by atoms with van der Waals surface area (Å²) in [6.45, 7) is 0.290. The molecule has 0 aromatic heterocycles. The Morgan fingerprint density at radius 2 is 1.77 bits per heavy atom. The number of nitrogens with one attached hydrogen (secondary N) is 2. The van der Waals surface area contributed by atoms with Gasteiger partial charge in [0.2, 0.25) is 0 Å². The third kappa shape index (κ3) is 5.02. The van der Waals surface area contributed by atoms with Crippen LogP contribution in [0, 0.1) is 5.82 Å². The second kappa shape index (κ2) is 7.77. The summed E-state index contributed by atoms with van der Waals surface area (Å²) in [5.41, 5.74) is 1.24. The molecule has 2 rings (SSSR count). The van der Waals surface area contributed by atoms with Gasteiger partial charge in [0.1, 0.15) is 5.82 Å². The van der Waals surface area contributed by atoms with E-state index in [2.05, 4.69) is 10.6 Å². The molecule has 1 atom stereocenters. The second-order valence-corrected chi connectivity index (χ2v) is 5.18. The molecule has 0 radical (unpaired) electrons. The highest BCUT2D eigenvalue weighted by Crippen LogP contribution is 2.16.